The molecule has 0 aromatic heterocycles. The first kappa shape index (κ1) is 13.7. The number of anilines is 1. The molecule has 1 aromatic carbocycles. The first-order valence-electron chi connectivity index (χ1n) is 6.64. The molecule has 19 heavy (non-hydrogen) atoms. The highest BCUT2D eigenvalue weighted by Gasteiger charge is 2.50. The highest BCUT2D eigenvalue weighted by atomic mass is 16.5. The summed E-state index contributed by atoms with van der Waals surface area (Å²) in [6.07, 6.45) is 2.76. The van der Waals surface area contributed by atoms with Crippen molar-refractivity contribution in [1.82, 2.24) is 0 Å². The summed E-state index contributed by atoms with van der Waals surface area (Å²) in [5, 5.41) is 3.33. The van der Waals surface area contributed by atoms with Gasteiger partial charge in [0.05, 0.1) is 25.3 Å². The molecular formula is C15H21NO3. The Balaban J connectivity index is 2.08. The highest BCUT2D eigenvalue weighted by Crippen LogP contribution is 2.47. The molecule has 1 aliphatic carbocycles. The second-order valence-electron chi connectivity index (χ2n) is 5.01. The Labute approximate surface area is 114 Å². The number of aryl methyl sites for hydroxylation is 1. The summed E-state index contributed by atoms with van der Waals surface area (Å²) in [5.41, 5.74) is 1.85. The van der Waals surface area contributed by atoms with Gasteiger partial charge in [-0.15, -0.1) is 0 Å². The number of benzene rings is 1. The van der Waals surface area contributed by atoms with Crippen LogP contribution >= 0.6 is 0 Å². The molecule has 1 aromatic rings. The second kappa shape index (κ2) is 5.51. The van der Waals surface area contributed by atoms with E-state index in [9.17, 15) is 4.79 Å². The monoisotopic (exact) mass is 263 g/mol. The maximum atomic E-state index is 11.7. The zero-order valence-electron chi connectivity index (χ0n) is 11.8. The maximum Gasteiger partial charge on any atom is 0.313 e. The van der Waals surface area contributed by atoms with E-state index < -0.39 is 0 Å². The number of carbonyl (C=O) groups excluding carboxylic acids is 1. The Morgan fingerprint density at radius 3 is 2.63 bits per heavy atom. The van der Waals surface area contributed by atoms with Crippen LogP contribution in [0.2, 0.25) is 0 Å². The molecule has 0 unspecified atom stereocenters. The molecule has 0 saturated heterocycles. The fourth-order valence-electron chi connectivity index (χ4n) is 2.20. The minimum atomic E-state index is -0.331. The van der Waals surface area contributed by atoms with E-state index in [0.29, 0.717) is 6.54 Å². The number of hydrogen-bond acceptors (Lipinski definition) is 4. The van der Waals surface area contributed by atoms with E-state index in [0.717, 1.165) is 30.7 Å². The zero-order valence-corrected chi connectivity index (χ0v) is 11.8. The van der Waals surface area contributed by atoms with Crippen LogP contribution < -0.4 is 10.1 Å². The molecule has 1 fully saturated rings. The third-order valence-electron chi connectivity index (χ3n) is 3.76. The molecule has 4 nitrogen and oxygen atoms in total. The van der Waals surface area contributed by atoms with Gasteiger partial charge in [0.2, 0.25) is 0 Å². The van der Waals surface area contributed by atoms with Gasteiger partial charge in [-0.2, -0.15) is 0 Å². The van der Waals surface area contributed by atoms with Crippen LogP contribution in [-0.2, 0) is 16.0 Å². The van der Waals surface area contributed by atoms with Crippen LogP contribution in [0.3, 0.4) is 0 Å². The molecule has 1 saturated carbocycles. The smallest absolute Gasteiger partial charge is 0.313 e. The third-order valence-corrected chi connectivity index (χ3v) is 3.76. The lowest BCUT2D eigenvalue weighted by molar-refractivity contribution is -0.146. The summed E-state index contributed by atoms with van der Waals surface area (Å²) in [6, 6.07) is 6.09. The number of nitrogens with one attached hydrogen (secondary N) is 1. The SMILES string of the molecule is CCc1ccc(OC)c(NCC2(C(=O)OC)CC2)c1. The van der Waals surface area contributed by atoms with Gasteiger partial charge < -0.3 is 14.8 Å². The van der Waals surface area contributed by atoms with E-state index in [1.54, 1.807) is 7.11 Å². The second-order valence-corrected chi connectivity index (χ2v) is 5.01. The summed E-state index contributed by atoms with van der Waals surface area (Å²) in [5.74, 6) is 0.684. The number of ether oxygens (including phenoxy) is 2. The highest BCUT2D eigenvalue weighted by molar-refractivity contribution is 5.80. The average Bonchev–Trinajstić information content (AvgIpc) is 3.25. The molecule has 0 bridgehead atoms. The van der Waals surface area contributed by atoms with Gasteiger partial charge in [0, 0.05) is 6.54 Å². The predicted octanol–water partition coefficient (Wildman–Crippen LogP) is 2.62. The fraction of sp³-hybridized carbons (Fsp3) is 0.533. The van der Waals surface area contributed by atoms with E-state index in [1.165, 1.54) is 12.7 Å². The molecule has 2 rings (SSSR count). The first-order chi connectivity index (χ1) is 9.15. The van der Waals surface area contributed by atoms with Crippen LogP contribution in [0.1, 0.15) is 25.3 Å². The van der Waals surface area contributed by atoms with Crippen molar-refractivity contribution >= 4 is 11.7 Å². The Morgan fingerprint density at radius 2 is 2.11 bits per heavy atom. The number of hydrogen-bond donors (Lipinski definition) is 1. The van der Waals surface area contributed by atoms with E-state index >= 15 is 0 Å². The Bertz CT molecular complexity index is 466. The minimum Gasteiger partial charge on any atom is -0.495 e. The molecule has 0 heterocycles. The van der Waals surface area contributed by atoms with Crippen LogP contribution in [-0.4, -0.2) is 26.7 Å². The number of carbonyl (C=O) groups is 1. The normalized spacial score (nSPS) is 15.7. The van der Waals surface area contributed by atoms with Crippen molar-refractivity contribution < 1.29 is 14.3 Å². The van der Waals surface area contributed by atoms with Crippen LogP contribution in [0.15, 0.2) is 18.2 Å². The van der Waals surface area contributed by atoms with Gasteiger partial charge in [-0.3, -0.25) is 4.79 Å². The lowest BCUT2D eigenvalue weighted by Gasteiger charge is -2.17. The molecule has 1 N–H and O–H groups in total. The molecule has 4 heteroatoms. The lowest BCUT2D eigenvalue weighted by atomic mass is 10.1. The molecule has 0 atom stereocenters. The van der Waals surface area contributed by atoms with Crippen molar-refractivity contribution in [3.63, 3.8) is 0 Å². The summed E-state index contributed by atoms with van der Waals surface area (Å²) < 4.78 is 10.2. The molecule has 1 aliphatic rings. The Kier molecular flexibility index (Phi) is 3.98. The molecule has 0 spiro atoms. The first-order valence-corrected chi connectivity index (χ1v) is 6.64. The lowest BCUT2D eigenvalue weighted by Crippen LogP contribution is -2.26. The van der Waals surface area contributed by atoms with Gasteiger partial charge in [-0.25, -0.2) is 0 Å². The quantitative estimate of drug-likeness (QED) is 0.801. The van der Waals surface area contributed by atoms with Crippen molar-refractivity contribution in [2.75, 3.05) is 26.1 Å². The van der Waals surface area contributed by atoms with Crippen molar-refractivity contribution in [1.29, 1.82) is 0 Å². The zero-order chi connectivity index (χ0) is 13.9. The van der Waals surface area contributed by atoms with E-state index in [2.05, 4.69) is 24.4 Å². The summed E-state index contributed by atoms with van der Waals surface area (Å²) >= 11 is 0. The van der Waals surface area contributed by atoms with Crippen LogP contribution in [0.5, 0.6) is 5.75 Å². The fourth-order valence-corrected chi connectivity index (χ4v) is 2.20. The maximum absolute atomic E-state index is 11.7. The van der Waals surface area contributed by atoms with Gasteiger partial charge in [0.15, 0.2) is 0 Å². The van der Waals surface area contributed by atoms with Crippen molar-refractivity contribution in [2.45, 2.75) is 26.2 Å². The topological polar surface area (TPSA) is 47.6 Å². The van der Waals surface area contributed by atoms with Gasteiger partial charge in [0.25, 0.3) is 0 Å². The summed E-state index contributed by atoms with van der Waals surface area (Å²) in [7, 11) is 3.10. The minimum absolute atomic E-state index is 0.120. The van der Waals surface area contributed by atoms with Gasteiger partial charge in [-0.1, -0.05) is 13.0 Å². The third kappa shape index (κ3) is 2.83. The average molecular weight is 263 g/mol. The molecule has 0 amide bonds. The van der Waals surface area contributed by atoms with Crippen LogP contribution in [0.4, 0.5) is 5.69 Å². The standard InChI is InChI=1S/C15H21NO3/c1-4-11-5-6-13(18-2)12(9-11)16-10-15(7-8-15)14(17)19-3/h5-6,9,16H,4,7-8,10H2,1-3H3. The number of rotatable bonds is 6. The van der Waals surface area contributed by atoms with Crippen molar-refractivity contribution in [2.24, 2.45) is 5.41 Å². The van der Waals surface area contributed by atoms with Crippen molar-refractivity contribution in [3.8, 4) is 5.75 Å². The number of esters is 1. The van der Waals surface area contributed by atoms with E-state index in [1.807, 2.05) is 6.07 Å². The van der Waals surface area contributed by atoms with Crippen LogP contribution in [0.25, 0.3) is 0 Å². The van der Waals surface area contributed by atoms with Crippen molar-refractivity contribution in [3.05, 3.63) is 23.8 Å². The Morgan fingerprint density at radius 1 is 1.37 bits per heavy atom. The summed E-state index contributed by atoms with van der Waals surface area (Å²) in [4.78, 5) is 11.7. The number of methoxy groups -OCH3 is 2. The van der Waals surface area contributed by atoms with Crippen LogP contribution in [0, 0.1) is 5.41 Å². The Hall–Kier alpha value is -1.71. The van der Waals surface area contributed by atoms with Gasteiger partial charge in [-0.05, 0) is 37.0 Å². The predicted molar refractivity (Wildman–Crippen MR) is 74.5 cm³/mol. The van der Waals surface area contributed by atoms with Gasteiger partial charge >= 0.3 is 5.97 Å². The molecule has 104 valence electrons. The van der Waals surface area contributed by atoms with E-state index in [-0.39, 0.29) is 11.4 Å². The molecule has 0 aliphatic heterocycles. The molecular weight excluding hydrogens is 242 g/mol. The molecule has 0 radical (unpaired) electrons. The largest absolute Gasteiger partial charge is 0.495 e. The summed E-state index contributed by atoms with van der Waals surface area (Å²) in [6.45, 7) is 2.71. The van der Waals surface area contributed by atoms with E-state index in [4.69, 9.17) is 9.47 Å². The van der Waals surface area contributed by atoms with Gasteiger partial charge in [0.1, 0.15) is 5.75 Å².